The summed E-state index contributed by atoms with van der Waals surface area (Å²) in [5.74, 6) is 0.671. The topological polar surface area (TPSA) is 97.1 Å². The highest BCUT2D eigenvalue weighted by Crippen LogP contribution is 2.34. The van der Waals surface area contributed by atoms with Crippen LogP contribution in [0.5, 0.6) is 0 Å². The van der Waals surface area contributed by atoms with Crippen LogP contribution in [0, 0.1) is 10.1 Å². The number of hydrogen-bond acceptors (Lipinski definition) is 9. The molecule has 0 amide bonds. The summed E-state index contributed by atoms with van der Waals surface area (Å²) in [5, 5.41) is 12.0. The molecule has 0 spiro atoms. The molecule has 1 aromatic carbocycles. The molecule has 2 heterocycles. The molecule has 31 heavy (non-hydrogen) atoms. The first-order valence-electron chi connectivity index (χ1n) is 10.4. The van der Waals surface area contributed by atoms with E-state index in [9.17, 15) is 10.1 Å². The molecule has 0 aliphatic carbocycles. The summed E-state index contributed by atoms with van der Waals surface area (Å²) in [6.45, 7) is 5.62. The maximum Gasteiger partial charge on any atom is 0.353 e. The first-order chi connectivity index (χ1) is 15.1. The lowest BCUT2D eigenvalue weighted by atomic mass is 10.2. The number of ether oxygens (including phenoxy) is 2. The number of hydrogen-bond donors (Lipinski definition) is 0. The van der Waals surface area contributed by atoms with Gasteiger partial charge in [-0.05, 0) is 5.56 Å². The first kappa shape index (κ1) is 22.9. The van der Waals surface area contributed by atoms with Gasteiger partial charge in [0.25, 0.3) is 0 Å². The predicted octanol–water partition coefficient (Wildman–Crippen LogP) is 1.81. The molecule has 0 atom stereocenters. The number of piperazine rings is 1. The van der Waals surface area contributed by atoms with Gasteiger partial charge in [0.05, 0.1) is 18.1 Å². The van der Waals surface area contributed by atoms with E-state index >= 15 is 0 Å². The third-order valence-corrected chi connectivity index (χ3v) is 5.32. The van der Waals surface area contributed by atoms with Crippen molar-refractivity contribution in [3.63, 3.8) is 0 Å². The monoisotopic (exact) mass is 430 g/mol. The summed E-state index contributed by atoms with van der Waals surface area (Å²) in [4.78, 5) is 26.4. The Balaban J connectivity index is 1.76. The van der Waals surface area contributed by atoms with Crippen molar-refractivity contribution in [1.82, 2.24) is 14.9 Å². The van der Waals surface area contributed by atoms with Gasteiger partial charge in [-0.1, -0.05) is 30.3 Å². The highest BCUT2D eigenvalue weighted by Gasteiger charge is 2.31. The molecular formula is C21H30N6O4. The molecule has 1 aromatic heterocycles. The van der Waals surface area contributed by atoms with Crippen LogP contribution in [0.2, 0.25) is 0 Å². The summed E-state index contributed by atoms with van der Waals surface area (Å²) < 4.78 is 10.3. The highest BCUT2D eigenvalue weighted by molar-refractivity contribution is 5.71. The molecule has 0 radical (unpaired) electrons. The zero-order valence-electron chi connectivity index (χ0n) is 18.1. The van der Waals surface area contributed by atoms with Gasteiger partial charge < -0.3 is 19.3 Å². The molecule has 0 unspecified atom stereocenters. The Hall–Kier alpha value is -2.82. The summed E-state index contributed by atoms with van der Waals surface area (Å²) in [7, 11) is 3.20. The van der Waals surface area contributed by atoms with Crippen LogP contribution in [0.15, 0.2) is 36.7 Å². The fraction of sp³-hybridized carbons (Fsp3) is 0.524. The number of rotatable bonds is 11. The lowest BCUT2D eigenvalue weighted by molar-refractivity contribution is -0.383. The van der Waals surface area contributed by atoms with Gasteiger partial charge in [0.1, 0.15) is 6.33 Å². The smallest absolute Gasteiger partial charge is 0.353 e. The second kappa shape index (κ2) is 11.5. The van der Waals surface area contributed by atoms with Crippen LogP contribution >= 0.6 is 0 Å². The molecule has 168 valence electrons. The van der Waals surface area contributed by atoms with Crippen molar-refractivity contribution in [2.24, 2.45) is 0 Å². The zero-order chi connectivity index (χ0) is 22.1. The van der Waals surface area contributed by atoms with Crippen molar-refractivity contribution < 1.29 is 14.4 Å². The standard InChI is InChI=1S/C21H30N6O4/c1-30-14-12-26(13-15-31-2)21-19(27(28)29)20(22-17-23-21)25-10-8-24(9-11-25)16-18-6-4-3-5-7-18/h3-7,17H,8-16H2,1-2H3. The number of benzene rings is 1. The number of methoxy groups -OCH3 is 2. The molecule has 1 aliphatic rings. The van der Waals surface area contributed by atoms with E-state index in [4.69, 9.17) is 9.47 Å². The van der Waals surface area contributed by atoms with Crippen LogP contribution < -0.4 is 9.80 Å². The minimum atomic E-state index is -0.381. The number of nitro groups is 1. The van der Waals surface area contributed by atoms with Crippen LogP contribution in [-0.4, -0.2) is 86.5 Å². The van der Waals surface area contributed by atoms with E-state index in [1.54, 1.807) is 14.2 Å². The Morgan fingerprint density at radius 1 is 1.03 bits per heavy atom. The lowest BCUT2D eigenvalue weighted by Gasteiger charge is -2.35. The minimum Gasteiger partial charge on any atom is -0.383 e. The zero-order valence-corrected chi connectivity index (χ0v) is 18.1. The van der Waals surface area contributed by atoms with E-state index in [1.807, 2.05) is 28.0 Å². The van der Waals surface area contributed by atoms with Gasteiger partial charge in [-0.25, -0.2) is 9.97 Å². The molecule has 1 saturated heterocycles. The van der Waals surface area contributed by atoms with Gasteiger partial charge in [-0.3, -0.25) is 15.0 Å². The third-order valence-electron chi connectivity index (χ3n) is 5.32. The van der Waals surface area contributed by atoms with E-state index in [-0.39, 0.29) is 10.6 Å². The van der Waals surface area contributed by atoms with E-state index < -0.39 is 0 Å². The fourth-order valence-corrected chi connectivity index (χ4v) is 3.67. The van der Waals surface area contributed by atoms with Gasteiger partial charge in [0.15, 0.2) is 0 Å². The maximum absolute atomic E-state index is 12.0. The predicted molar refractivity (Wildman–Crippen MR) is 119 cm³/mol. The van der Waals surface area contributed by atoms with Crippen molar-refractivity contribution in [3.8, 4) is 0 Å². The van der Waals surface area contributed by atoms with Gasteiger partial charge >= 0.3 is 5.69 Å². The summed E-state index contributed by atoms with van der Waals surface area (Å²) >= 11 is 0. The maximum atomic E-state index is 12.0. The molecule has 3 rings (SSSR count). The van der Waals surface area contributed by atoms with E-state index in [0.717, 1.165) is 19.6 Å². The second-order valence-corrected chi connectivity index (χ2v) is 7.35. The van der Waals surface area contributed by atoms with Gasteiger partial charge in [-0.15, -0.1) is 0 Å². The number of nitrogens with zero attached hydrogens (tertiary/aromatic N) is 6. The minimum absolute atomic E-state index is 0.0637. The normalized spacial score (nSPS) is 14.6. The molecule has 1 aliphatic heterocycles. The van der Waals surface area contributed by atoms with Crippen LogP contribution in [-0.2, 0) is 16.0 Å². The van der Waals surface area contributed by atoms with Gasteiger partial charge in [0.2, 0.25) is 11.6 Å². The second-order valence-electron chi connectivity index (χ2n) is 7.35. The van der Waals surface area contributed by atoms with Crippen molar-refractivity contribution in [1.29, 1.82) is 0 Å². The average molecular weight is 431 g/mol. The van der Waals surface area contributed by atoms with Gasteiger partial charge in [-0.2, -0.15) is 0 Å². The van der Waals surface area contributed by atoms with E-state index in [1.165, 1.54) is 11.9 Å². The molecule has 0 bridgehead atoms. The fourth-order valence-electron chi connectivity index (χ4n) is 3.67. The molecule has 2 aromatic rings. The third kappa shape index (κ3) is 6.09. The van der Waals surface area contributed by atoms with Crippen molar-refractivity contribution in [2.75, 3.05) is 76.5 Å². The van der Waals surface area contributed by atoms with E-state index in [2.05, 4.69) is 27.0 Å². The van der Waals surface area contributed by atoms with Crippen LogP contribution in [0.1, 0.15) is 5.56 Å². The average Bonchev–Trinajstić information content (AvgIpc) is 2.80. The van der Waals surface area contributed by atoms with Crippen molar-refractivity contribution >= 4 is 17.3 Å². The Kier molecular flexibility index (Phi) is 8.51. The number of aromatic nitrogens is 2. The quantitative estimate of drug-likeness (QED) is 0.390. The Bertz CT molecular complexity index is 822. The summed E-state index contributed by atoms with van der Waals surface area (Å²) in [6.07, 6.45) is 1.40. The molecular weight excluding hydrogens is 400 g/mol. The molecule has 0 N–H and O–H groups in total. The van der Waals surface area contributed by atoms with Crippen LogP contribution in [0.3, 0.4) is 0 Å². The highest BCUT2D eigenvalue weighted by atomic mass is 16.6. The SMILES string of the molecule is COCCN(CCOC)c1ncnc(N2CCN(Cc3ccccc3)CC2)c1[N+](=O)[O-]. The van der Waals surface area contributed by atoms with Crippen molar-refractivity contribution in [3.05, 3.63) is 52.3 Å². The van der Waals surface area contributed by atoms with Crippen LogP contribution in [0.4, 0.5) is 17.3 Å². The van der Waals surface area contributed by atoms with Gasteiger partial charge in [0, 0.05) is 60.0 Å². The molecule has 10 nitrogen and oxygen atoms in total. The largest absolute Gasteiger partial charge is 0.383 e. The molecule has 0 saturated carbocycles. The Morgan fingerprint density at radius 2 is 1.68 bits per heavy atom. The summed E-state index contributed by atoms with van der Waals surface area (Å²) in [5.41, 5.74) is 1.20. The van der Waals surface area contributed by atoms with Crippen molar-refractivity contribution in [2.45, 2.75) is 6.54 Å². The Labute approximate surface area is 182 Å². The molecule has 10 heteroatoms. The molecule has 1 fully saturated rings. The van der Waals surface area contributed by atoms with Crippen LogP contribution in [0.25, 0.3) is 0 Å². The first-order valence-corrected chi connectivity index (χ1v) is 10.4. The number of anilines is 2. The Morgan fingerprint density at radius 3 is 2.26 bits per heavy atom. The van der Waals surface area contributed by atoms with E-state index in [0.29, 0.717) is 51.0 Å². The lowest BCUT2D eigenvalue weighted by Crippen LogP contribution is -2.46. The summed E-state index contributed by atoms with van der Waals surface area (Å²) in [6, 6.07) is 10.3.